The van der Waals surface area contributed by atoms with Crippen molar-refractivity contribution in [3.05, 3.63) is 186 Å². The smallest absolute Gasteiger partial charge is 0.310 e. The molecule has 2 heterocycles. The van der Waals surface area contributed by atoms with Crippen LogP contribution in [0.4, 0.5) is 11.4 Å². The third kappa shape index (κ3) is 10.4. The Kier molecular flexibility index (Phi) is 15.6. The predicted octanol–water partition coefficient (Wildman–Crippen LogP) is 10.7. The maximum Gasteiger partial charge on any atom is 0.310 e. The van der Waals surface area contributed by atoms with E-state index in [1.54, 1.807) is 74.5 Å². The highest BCUT2D eigenvalue weighted by Crippen LogP contribution is 2.47. The summed E-state index contributed by atoms with van der Waals surface area (Å²) in [6.45, 7) is 4.55. The zero-order valence-corrected chi connectivity index (χ0v) is 38.5. The molecule has 0 aromatic heterocycles. The largest absolute Gasteiger partial charge is 0.488 e. The minimum atomic E-state index is -1.34. The van der Waals surface area contributed by atoms with Crippen molar-refractivity contribution in [3.8, 4) is 11.5 Å². The molecule has 0 bridgehead atoms. The van der Waals surface area contributed by atoms with Crippen molar-refractivity contribution in [1.29, 1.82) is 0 Å². The Hall–Kier alpha value is -6.12. The number of rotatable bonds is 14. The number of aliphatic hydroxyl groups excluding tert-OH is 2. The normalized spacial score (nSPS) is 14.8. The average molecular weight is 973 g/mol. The number of fused-ring (bicyclic) bond motifs is 2. The summed E-state index contributed by atoms with van der Waals surface area (Å²) >= 11 is 25.6. The van der Waals surface area contributed by atoms with Crippen molar-refractivity contribution in [2.24, 2.45) is 0 Å². The molecule has 2 atom stereocenters. The van der Waals surface area contributed by atoms with E-state index in [1.165, 1.54) is 9.80 Å². The molecule has 0 saturated heterocycles. The number of anilines is 2. The van der Waals surface area contributed by atoms with Gasteiger partial charge in [0.15, 0.2) is 12.5 Å². The van der Waals surface area contributed by atoms with Gasteiger partial charge in [-0.25, -0.2) is 0 Å². The molecule has 0 saturated carbocycles. The molecule has 6 aromatic rings. The third-order valence-corrected chi connectivity index (χ3v) is 11.8. The first-order valence-corrected chi connectivity index (χ1v) is 22.2. The molecule has 2 amide bonds. The fraction of sp³-hybridized carbons (Fsp3) is 0.200. The predicted molar refractivity (Wildman–Crippen MR) is 252 cm³/mol. The minimum Gasteiger partial charge on any atom is -0.488 e. The lowest BCUT2D eigenvalue weighted by atomic mass is 10.1. The average Bonchev–Trinajstić information content (AvgIpc) is 3.72. The maximum atomic E-state index is 13.4. The Morgan fingerprint density at radius 1 is 0.515 bits per heavy atom. The van der Waals surface area contributed by atoms with E-state index in [9.17, 15) is 29.4 Å². The first-order chi connectivity index (χ1) is 31.8. The molecular formula is C50H42Cl4N2O10. The van der Waals surface area contributed by atoms with Gasteiger partial charge in [-0.3, -0.25) is 29.0 Å². The van der Waals surface area contributed by atoms with Gasteiger partial charge >= 0.3 is 11.9 Å². The number of esters is 2. The van der Waals surface area contributed by atoms with E-state index in [2.05, 4.69) is 0 Å². The number of carbonyl (C=O) groups is 4. The molecule has 6 aromatic carbocycles. The van der Waals surface area contributed by atoms with Crippen LogP contribution in [0, 0.1) is 0 Å². The molecule has 16 heteroatoms. The molecular weight excluding hydrogens is 930 g/mol. The van der Waals surface area contributed by atoms with Gasteiger partial charge in [-0.05, 0) is 84.6 Å². The molecule has 0 aliphatic carbocycles. The lowest BCUT2D eigenvalue weighted by molar-refractivity contribution is -0.143. The molecule has 8 rings (SSSR count). The van der Waals surface area contributed by atoms with Gasteiger partial charge in [-0.1, -0.05) is 119 Å². The fourth-order valence-corrected chi connectivity index (χ4v) is 8.57. The summed E-state index contributed by atoms with van der Waals surface area (Å²) in [6, 6.07) is 35.1. The van der Waals surface area contributed by atoms with Crippen LogP contribution in [0.5, 0.6) is 11.5 Å². The number of hydrogen-bond acceptors (Lipinski definition) is 10. The van der Waals surface area contributed by atoms with Crippen molar-refractivity contribution in [3.63, 3.8) is 0 Å². The molecule has 0 spiro atoms. The molecule has 2 aliphatic heterocycles. The lowest BCUT2D eigenvalue weighted by Gasteiger charge is -2.23. The highest BCUT2D eigenvalue weighted by molar-refractivity contribution is 6.37. The van der Waals surface area contributed by atoms with Crippen LogP contribution in [0.3, 0.4) is 0 Å². The Morgan fingerprint density at radius 3 is 1.44 bits per heavy atom. The Balaban J connectivity index is 0.000000196. The molecule has 0 radical (unpaired) electrons. The summed E-state index contributed by atoms with van der Waals surface area (Å²) in [5.74, 6) is -1.05. The van der Waals surface area contributed by atoms with Crippen LogP contribution in [0.2, 0.25) is 20.1 Å². The van der Waals surface area contributed by atoms with E-state index < -0.39 is 24.3 Å². The van der Waals surface area contributed by atoms with E-state index in [1.807, 2.05) is 60.7 Å². The van der Waals surface area contributed by atoms with Gasteiger partial charge in [0.1, 0.15) is 24.7 Å². The topological polar surface area (TPSA) is 152 Å². The number of ether oxygens (including phenoxy) is 4. The summed E-state index contributed by atoms with van der Waals surface area (Å²) < 4.78 is 21.8. The second kappa shape index (κ2) is 21.5. The number of aliphatic hydroxyl groups is 2. The van der Waals surface area contributed by atoms with E-state index >= 15 is 0 Å². The van der Waals surface area contributed by atoms with E-state index in [-0.39, 0.29) is 93.6 Å². The number of hydrogen-bond donors (Lipinski definition) is 2. The van der Waals surface area contributed by atoms with E-state index in [0.717, 1.165) is 11.1 Å². The molecule has 340 valence electrons. The number of benzene rings is 6. The Morgan fingerprint density at radius 2 is 0.955 bits per heavy atom. The standard InChI is InChI=1S/2C25H21Cl2NO5/c2*1-2-32-21(29)13-16-8-10-19(18(27)12-16)28-24(30)22-17(26)9-11-20(23(22)25(28)31)33-14-15-6-4-3-5-7-15/h3-12,25,31H,2,13-14H2,1H3;3-12,24,30H,2,13-14H2,1H3. The van der Waals surface area contributed by atoms with Crippen LogP contribution >= 0.6 is 46.4 Å². The van der Waals surface area contributed by atoms with Crippen LogP contribution in [0.15, 0.2) is 121 Å². The Bertz CT molecular complexity index is 2710. The molecule has 0 fully saturated rings. The highest BCUT2D eigenvalue weighted by atomic mass is 35.5. The van der Waals surface area contributed by atoms with Crippen molar-refractivity contribution in [1.82, 2.24) is 0 Å². The van der Waals surface area contributed by atoms with Crippen molar-refractivity contribution in [2.45, 2.75) is 52.4 Å². The van der Waals surface area contributed by atoms with Gasteiger partial charge in [-0.15, -0.1) is 0 Å². The number of carbonyl (C=O) groups excluding carboxylic acids is 4. The van der Waals surface area contributed by atoms with Gasteiger partial charge in [0, 0.05) is 10.6 Å². The van der Waals surface area contributed by atoms with Crippen LogP contribution in [-0.2, 0) is 45.1 Å². The van der Waals surface area contributed by atoms with Gasteiger partial charge in [0.2, 0.25) is 0 Å². The van der Waals surface area contributed by atoms with Crippen molar-refractivity contribution < 1.29 is 48.3 Å². The molecule has 66 heavy (non-hydrogen) atoms. The minimum absolute atomic E-state index is 0.0495. The van der Waals surface area contributed by atoms with Gasteiger partial charge < -0.3 is 29.2 Å². The summed E-state index contributed by atoms with van der Waals surface area (Å²) in [5.41, 5.74) is 4.64. The van der Waals surface area contributed by atoms with Gasteiger partial charge in [0.25, 0.3) is 11.8 Å². The zero-order valence-electron chi connectivity index (χ0n) is 35.5. The monoisotopic (exact) mass is 970 g/mol. The SMILES string of the molecule is CCOC(=O)Cc1ccc(N2C(=O)c3c(Cl)ccc(OCc4ccccc4)c3C2O)c(Cl)c1.CCOC(=O)Cc1ccc(N2C(=O)c3c(OCc4ccccc4)ccc(Cl)c3C2O)c(Cl)c1. The van der Waals surface area contributed by atoms with Crippen molar-refractivity contribution in [2.75, 3.05) is 23.0 Å². The summed E-state index contributed by atoms with van der Waals surface area (Å²) in [4.78, 5) is 52.5. The second-order valence-corrected chi connectivity index (χ2v) is 16.5. The van der Waals surface area contributed by atoms with Crippen LogP contribution in [-0.4, -0.2) is 47.2 Å². The fourth-order valence-electron chi connectivity index (χ4n) is 7.48. The van der Waals surface area contributed by atoms with Crippen LogP contribution < -0.4 is 19.3 Å². The molecule has 12 nitrogen and oxygen atoms in total. The second-order valence-electron chi connectivity index (χ2n) is 14.8. The maximum absolute atomic E-state index is 13.4. The molecule has 2 N–H and O–H groups in total. The van der Waals surface area contributed by atoms with E-state index in [4.69, 9.17) is 65.4 Å². The van der Waals surface area contributed by atoms with Gasteiger partial charge in [0.05, 0.1) is 69.2 Å². The lowest BCUT2D eigenvalue weighted by Crippen LogP contribution is -2.28. The third-order valence-electron chi connectivity index (χ3n) is 10.5. The Labute approximate surface area is 400 Å². The van der Waals surface area contributed by atoms with Crippen LogP contribution in [0.1, 0.15) is 80.4 Å². The highest BCUT2D eigenvalue weighted by Gasteiger charge is 2.43. The number of amides is 2. The van der Waals surface area contributed by atoms with Crippen LogP contribution in [0.25, 0.3) is 0 Å². The zero-order chi connectivity index (χ0) is 47.1. The van der Waals surface area contributed by atoms with Crippen molar-refractivity contribution >= 4 is 81.5 Å². The molecule has 2 unspecified atom stereocenters. The summed E-state index contributed by atoms with van der Waals surface area (Å²) in [5, 5.41) is 23.0. The quantitative estimate of drug-likeness (QED) is 0.101. The van der Waals surface area contributed by atoms with Gasteiger partial charge in [-0.2, -0.15) is 0 Å². The number of halogens is 4. The summed E-state index contributed by atoms with van der Waals surface area (Å²) in [6.07, 6.45) is -2.58. The summed E-state index contributed by atoms with van der Waals surface area (Å²) in [7, 11) is 0. The van der Waals surface area contributed by atoms with E-state index in [0.29, 0.717) is 34.0 Å². The molecule has 2 aliphatic rings. The first-order valence-electron chi connectivity index (χ1n) is 20.7. The first kappa shape index (κ1) is 47.8. The number of nitrogens with zero attached hydrogens (tertiary/aromatic N) is 2.